The van der Waals surface area contributed by atoms with Crippen molar-refractivity contribution in [2.75, 3.05) is 5.32 Å². The lowest BCUT2D eigenvalue weighted by Gasteiger charge is -2.18. The van der Waals surface area contributed by atoms with Crippen molar-refractivity contribution in [3.63, 3.8) is 0 Å². The van der Waals surface area contributed by atoms with Crippen molar-refractivity contribution in [1.82, 2.24) is 0 Å². The van der Waals surface area contributed by atoms with Gasteiger partial charge < -0.3 is 5.32 Å². The van der Waals surface area contributed by atoms with Crippen LogP contribution in [-0.2, 0) is 4.79 Å². The molecule has 1 aromatic rings. The van der Waals surface area contributed by atoms with E-state index < -0.39 is 41.0 Å². The molecule has 1 N–H and O–H groups in total. The number of thioether (sulfide) groups is 1. The van der Waals surface area contributed by atoms with Crippen LogP contribution in [-0.4, -0.2) is 23.5 Å². The summed E-state index contributed by atoms with van der Waals surface area (Å²) >= 11 is -0.503. The summed E-state index contributed by atoms with van der Waals surface area (Å²) in [6.45, 7) is 0. The zero-order chi connectivity index (χ0) is 16.5. The molecule has 1 rings (SSSR count). The Kier molecular flexibility index (Phi) is 4.76. The van der Waals surface area contributed by atoms with Gasteiger partial charge in [-0.25, -0.2) is 0 Å². The van der Waals surface area contributed by atoms with Gasteiger partial charge >= 0.3 is 23.5 Å². The largest absolute Gasteiger partial charge is 0.463 e. The monoisotopic (exact) mass is 339 g/mol. The fourth-order valence-electron chi connectivity index (χ4n) is 1.08. The third-order valence-corrected chi connectivity index (χ3v) is 2.73. The minimum absolute atomic E-state index is 0.317. The minimum atomic E-state index is -6.07. The number of benzene rings is 1. The zero-order valence-corrected chi connectivity index (χ0v) is 10.5. The number of amides is 1. The molecule has 0 radical (unpaired) electrons. The molecule has 0 atom stereocenters. The second kappa shape index (κ2) is 5.70. The Morgan fingerprint density at radius 1 is 0.905 bits per heavy atom. The van der Waals surface area contributed by atoms with Crippen molar-refractivity contribution >= 4 is 23.4 Å². The van der Waals surface area contributed by atoms with Gasteiger partial charge in [0.05, 0.1) is 0 Å². The van der Waals surface area contributed by atoms with Gasteiger partial charge in [0.15, 0.2) is 0 Å². The summed E-state index contributed by atoms with van der Waals surface area (Å²) in [5, 5.41) is 1.28. The van der Waals surface area contributed by atoms with Crippen LogP contribution in [0.3, 0.4) is 0 Å². The minimum Gasteiger partial charge on any atom is -0.321 e. The van der Waals surface area contributed by atoms with E-state index in [-0.39, 0.29) is 4.90 Å². The number of alkyl halides is 8. The Morgan fingerprint density at radius 3 is 1.76 bits per heavy atom. The van der Waals surface area contributed by atoms with Crippen molar-refractivity contribution in [2.24, 2.45) is 0 Å². The summed E-state index contributed by atoms with van der Waals surface area (Å²) in [5.74, 6) is -8.22. The Balaban J connectivity index is 2.79. The third-order valence-electron chi connectivity index (χ3n) is 1.99. The van der Waals surface area contributed by atoms with E-state index in [9.17, 15) is 39.9 Å². The van der Waals surface area contributed by atoms with Gasteiger partial charge in [0, 0.05) is 10.6 Å². The molecule has 0 unspecified atom stereocenters. The molecule has 11 heteroatoms. The van der Waals surface area contributed by atoms with Crippen molar-refractivity contribution in [1.29, 1.82) is 0 Å². The van der Waals surface area contributed by atoms with Crippen LogP contribution in [0.5, 0.6) is 0 Å². The molecular weight excluding hydrogens is 334 g/mol. The normalized spacial score (nSPS) is 13.1. The fraction of sp³-hybridized carbons (Fsp3) is 0.300. The second-order valence-corrected chi connectivity index (χ2v) is 4.74. The van der Waals surface area contributed by atoms with Crippen LogP contribution < -0.4 is 5.32 Å². The Bertz CT molecular complexity index is 507. The second-order valence-electron chi connectivity index (χ2n) is 3.60. The van der Waals surface area contributed by atoms with Crippen LogP contribution in [0.2, 0.25) is 0 Å². The first-order valence-electron chi connectivity index (χ1n) is 4.95. The Morgan fingerprint density at radius 2 is 1.38 bits per heavy atom. The number of carbonyl (C=O) groups excluding carboxylic acids is 1. The molecule has 0 bridgehead atoms. The number of carbonyl (C=O) groups is 1. The SMILES string of the molecule is O=C(Nc1ccc(SC(F)(F)F)cc1)C(F)(F)C(F)(F)F. The molecule has 0 saturated heterocycles. The molecule has 21 heavy (non-hydrogen) atoms. The lowest BCUT2D eigenvalue weighted by molar-refractivity contribution is -0.267. The molecule has 0 aliphatic heterocycles. The molecule has 1 amide bonds. The van der Waals surface area contributed by atoms with E-state index >= 15 is 0 Å². The quantitative estimate of drug-likeness (QED) is 0.652. The van der Waals surface area contributed by atoms with Gasteiger partial charge in [-0.2, -0.15) is 35.1 Å². The maximum Gasteiger partial charge on any atom is 0.463 e. The smallest absolute Gasteiger partial charge is 0.321 e. The van der Waals surface area contributed by atoms with Crippen molar-refractivity contribution in [2.45, 2.75) is 22.5 Å². The third kappa shape index (κ3) is 4.76. The standard InChI is InChI=1S/C10H5F8NOS/c11-8(12,9(13,14)15)7(20)19-5-1-3-6(4-2-5)21-10(16,17)18/h1-4H,(H,19,20). The summed E-state index contributed by atoms with van der Waals surface area (Å²) in [7, 11) is 0. The summed E-state index contributed by atoms with van der Waals surface area (Å²) in [6, 6.07) is 3.19. The Labute approximate surface area is 116 Å². The maximum atomic E-state index is 12.6. The number of rotatable bonds is 3. The molecule has 2 nitrogen and oxygen atoms in total. The van der Waals surface area contributed by atoms with E-state index in [2.05, 4.69) is 0 Å². The summed E-state index contributed by atoms with van der Waals surface area (Å²) < 4.78 is 97.0. The molecule has 118 valence electrons. The summed E-state index contributed by atoms with van der Waals surface area (Å²) in [4.78, 5) is 10.5. The van der Waals surface area contributed by atoms with E-state index in [0.717, 1.165) is 24.3 Å². The maximum absolute atomic E-state index is 12.6. The molecule has 0 aliphatic rings. The van der Waals surface area contributed by atoms with Crippen LogP contribution in [0, 0.1) is 0 Å². The lowest BCUT2D eigenvalue weighted by atomic mass is 10.2. The van der Waals surface area contributed by atoms with Gasteiger partial charge in [0.1, 0.15) is 0 Å². The van der Waals surface area contributed by atoms with Crippen molar-refractivity contribution < 1.29 is 39.9 Å². The first kappa shape index (κ1) is 17.5. The van der Waals surface area contributed by atoms with Gasteiger partial charge in [-0.15, -0.1) is 0 Å². The highest BCUT2D eigenvalue weighted by Gasteiger charge is 2.63. The van der Waals surface area contributed by atoms with Gasteiger partial charge in [0.2, 0.25) is 0 Å². The summed E-state index contributed by atoms with van der Waals surface area (Å²) in [5.41, 5.74) is -5.07. The molecule has 0 fully saturated rings. The average molecular weight is 339 g/mol. The van der Waals surface area contributed by atoms with Gasteiger partial charge in [-0.3, -0.25) is 4.79 Å². The van der Waals surface area contributed by atoms with E-state index in [4.69, 9.17) is 0 Å². The van der Waals surface area contributed by atoms with Crippen LogP contribution in [0.4, 0.5) is 40.8 Å². The number of hydrogen-bond donors (Lipinski definition) is 1. The first-order valence-corrected chi connectivity index (χ1v) is 5.76. The molecular formula is C10H5F8NOS. The summed E-state index contributed by atoms with van der Waals surface area (Å²) in [6.07, 6.45) is -6.07. The van der Waals surface area contributed by atoms with E-state index in [1.807, 2.05) is 0 Å². The lowest BCUT2D eigenvalue weighted by Crippen LogP contribution is -2.47. The van der Waals surface area contributed by atoms with E-state index in [1.54, 1.807) is 0 Å². The molecule has 0 saturated carbocycles. The molecule has 0 aliphatic carbocycles. The van der Waals surface area contributed by atoms with Crippen LogP contribution in [0.1, 0.15) is 0 Å². The van der Waals surface area contributed by atoms with Crippen molar-refractivity contribution in [3.8, 4) is 0 Å². The first-order chi connectivity index (χ1) is 9.33. The fourth-order valence-corrected chi connectivity index (χ4v) is 1.62. The average Bonchev–Trinajstić information content (AvgIpc) is 2.28. The van der Waals surface area contributed by atoms with Crippen LogP contribution in [0.25, 0.3) is 0 Å². The highest BCUT2D eigenvalue weighted by atomic mass is 32.2. The highest BCUT2D eigenvalue weighted by molar-refractivity contribution is 8.00. The highest BCUT2D eigenvalue weighted by Crippen LogP contribution is 2.38. The predicted molar refractivity (Wildman–Crippen MR) is 58.0 cm³/mol. The number of anilines is 1. The zero-order valence-electron chi connectivity index (χ0n) is 9.65. The topological polar surface area (TPSA) is 29.1 Å². The number of nitrogens with one attached hydrogen (secondary N) is 1. The van der Waals surface area contributed by atoms with Crippen LogP contribution in [0.15, 0.2) is 29.2 Å². The molecule has 0 aromatic heterocycles. The van der Waals surface area contributed by atoms with Crippen molar-refractivity contribution in [3.05, 3.63) is 24.3 Å². The van der Waals surface area contributed by atoms with E-state index in [0.29, 0.717) is 0 Å². The Hall–Kier alpha value is -1.52. The van der Waals surface area contributed by atoms with Crippen LogP contribution >= 0.6 is 11.8 Å². The molecule has 0 spiro atoms. The van der Waals surface area contributed by atoms with Gasteiger partial charge in [-0.05, 0) is 36.0 Å². The predicted octanol–water partition coefficient (Wildman–Crippen LogP) is 4.43. The van der Waals surface area contributed by atoms with Gasteiger partial charge in [0.25, 0.3) is 0 Å². The van der Waals surface area contributed by atoms with Gasteiger partial charge in [-0.1, -0.05) is 0 Å². The number of halogens is 8. The molecule has 1 aromatic carbocycles. The molecule has 0 heterocycles. The number of hydrogen-bond acceptors (Lipinski definition) is 2. The van der Waals surface area contributed by atoms with E-state index in [1.165, 1.54) is 5.32 Å².